The Labute approximate surface area is 218 Å². The first-order chi connectivity index (χ1) is 18.1. The first kappa shape index (κ1) is 24.3. The summed E-state index contributed by atoms with van der Waals surface area (Å²) in [5.74, 6) is 2.14. The van der Waals surface area contributed by atoms with Crippen molar-refractivity contribution in [2.24, 2.45) is 0 Å². The van der Waals surface area contributed by atoms with Crippen molar-refractivity contribution in [3.63, 3.8) is 0 Å². The van der Waals surface area contributed by atoms with E-state index in [9.17, 15) is 4.79 Å². The molecule has 5 aromatic rings. The SMILES string of the molecule is Cc1cccc(-n2nnnc2SCC(=O)Nc2ccnn2Cc2ccc(Oc3ccccc3)cc2)c1C. The van der Waals surface area contributed by atoms with Crippen LogP contribution in [0.25, 0.3) is 5.69 Å². The molecule has 37 heavy (non-hydrogen) atoms. The molecule has 2 heterocycles. The molecule has 0 saturated heterocycles. The molecule has 1 N–H and O–H groups in total. The number of rotatable bonds is 9. The molecule has 0 atom stereocenters. The van der Waals surface area contributed by atoms with Crippen LogP contribution in [0.2, 0.25) is 0 Å². The van der Waals surface area contributed by atoms with Crippen LogP contribution in [0.4, 0.5) is 5.82 Å². The van der Waals surface area contributed by atoms with Gasteiger partial charge in [-0.15, -0.1) is 5.10 Å². The summed E-state index contributed by atoms with van der Waals surface area (Å²) < 4.78 is 9.26. The summed E-state index contributed by atoms with van der Waals surface area (Å²) in [4.78, 5) is 12.7. The highest BCUT2D eigenvalue weighted by Gasteiger charge is 2.15. The van der Waals surface area contributed by atoms with Crippen LogP contribution in [0.1, 0.15) is 16.7 Å². The molecule has 0 aliphatic heterocycles. The Morgan fingerprint density at radius 1 is 0.946 bits per heavy atom. The molecular weight excluding hydrogens is 486 g/mol. The molecule has 2 aromatic heterocycles. The number of para-hydroxylation sites is 1. The van der Waals surface area contributed by atoms with Gasteiger partial charge in [0.25, 0.3) is 0 Å². The molecule has 9 nitrogen and oxygen atoms in total. The largest absolute Gasteiger partial charge is 0.457 e. The Morgan fingerprint density at radius 3 is 2.54 bits per heavy atom. The highest BCUT2D eigenvalue weighted by Crippen LogP contribution is 2.24. The van der Waals surface area contributed by atoms with Crippen molar-refractivity contribution >= 4 is 23.5 Å². The van der Waals surface area contributed by atoms with Crippen LogP contribution in [-0.4, -0.2) is 41.6 Å². The Hall–Kier alpha value is -4.44. The summed E-state index contributed by atoms with van der Waals surface area (Å²) in [6.07, 6.45) is 1.66. The number of aryl methyl sites for hydroxylation is 1. The van der Waals surface area contributed by atoms with E-state index in [4.69, 9.17) is 4.74 Å². The Balaban J connectivity index is 1.19. The summed E-state index contributed by atoms with van der Waals surface area (Å²) in [6.45, 7) is 4.57. The van der Waals surface area contributed by atoms with E-state index in [1.165, 1.54) is 11.8 Å². The molecule has 186 valence electrons. The van der Waals surface area contributed by atoms with Crippen molar-refractivity contribution in [2.45, 2.75) is 25.5 Å². The standard InChI is InChI=1S/C27H25N7O2S/c1-19-7-6-10-24(20(19)2)34-27(30-31-32-34)37-18-26(35)29-25-15-16-28-33(25)17-21-11-13-23(14-12-21)36-22-8-4-3-5-9-22/h3-16H,17-18H2,1-2H3,(H,29,35). The summed E-state index contributed by atoms with van der Waals surface area (Å²) in [6, 6.07) is 25.2. The summed E-state index contributed by atoms with van der Waals surface area (Å²) in [7, 11) is 0. The lowest BCUT2D eigenvalue weighted by molar-refractivity contribution is -0.113. The van der Waals surface area contributed by atoms with Gasteiger partial charge in [0, 0.05) is 6.07 Å². The zero-order chi connectivity index (χ0) is 25.6. The third-order valence-electron chi connectivity index (χ3n) is 5.80. The number of hydrogen-bond acceptors (Lipinski definition) is 7. The Bertz CT molecular complexity index is 1500. The number of tetrazole rings is 1. The number of carbonyl (C=O) groups excluding carboxylic acids is 1. The van der Waals surface area contributed by atoms with E-state index in [-0.39, 0.29) is 11.7 Å². The van der Waals surface area contributed by atoms with E-state index in [1.807, 2.05) is 86.6 Å². The van der Waals surface area contributed by atoms with Gasteiger partial charge in [-0.2, -0.15) is 9.78 Å². The first-order valence-corrected chi connectivity index (χ1v) is 12.7. The minimum Gasteiger partial charge on any atom is -0.457 e. The lowest BCUT2D eigenvalue weighted by atomic mass is 10.1. The first-order valence-electron chi connectivity index (χ1n) is 11.7. The van der Waals surface area contributed by atoms with Gasteiger partial charge in [0.2, 0.25) is 11.1 Å². The van der Waals surface area contributed by atoms with E-state index in [0.717, 1.165) is 33.9 Å². The minimum absolute atomic E-state index is 0.155. The second-order valence-electron chi connectivity index (χ2n) is 8.36. The average molecular weight is 512 g/mol. The van der Waals surface area contributed by atoms with Crippen LogP contribution in [0, 0.1) is 13.8 Å². The molecule has 5 rings (SSSR count). The van der Waals surface area contributed by atoms with Gasteiger partial charge in [0.1, 0.15) is 17.3 Å². The average Bonchev–Trinajstić information content (AvgIpc) is 3.56. The highest BCUT2D eigenvalue weighted by molar-refractivity contribution is 7.99. The van der Waals surface area contributed by atoms with Crippen LogP contribution < -0.4 is 10.1 Å². The topological polar surface area (TPSA) is 99.8 Å². The van der Waals surface area contributed by atoms with E-state index < -0.39 is 0 Å². The predicted molar refractivity (Wildman–Crippen MR) is 142 cm³/mol. The van der Waals surface area contributed by atoms with E-state index >= 15 is 0 Å². The summed E-state index contributed by atoms with van der Waals surface area (Å²) in [5.41, 5.74) is 4.16. The zero-order valence-corrected chi connectivity index (χ0v) is 21.2. The number of nitrogens with zero attached hydrogens (tertiary/aromatic N) is 6. The lowest BCUT2D eigenvalue weighted by Gasteiger charge is -2.11. The lowest BCUT2D eigenvalue weighted by Crippen LogP contribution is -2.18. The number of benzene rings is 3. The van der Waals surface area contributed by atoms with Gasteiger partial charge in [-0.1, -0.05) is 54.2 Å². The maximum atomic E-state index is 12.7. The molecule has 0 bridgehead atoms. The zero-order valence-electron chi connectivity index (χ0n) is 20.4. The van der Waals surface area contributed by atoms with Gasteiger partial charge in [-0.3, -0.25) is 4.79 Å². The number of thioether (sulfide) groups is 1. The van der Waals surface area contributed by atoms with Gasteiger partial charge < -0.3 is 10.1 Å². The van der Waals surface area contributed by atoms with Gasteiger partial charge >= 0.3 is 0 Å². The molecular formula is C27H25N7O2S. The number of nitrogens with one attached hydrogen (secondary N) is 1. The molecule has 0 aliphatic rings. The van der Waals surface area contributed by atoms with Crippen molar-refractivity contribution in [1.82, 2.24) is 30.0 Å². The number of ether oxygens (including phenoxy) is 1. The van der Waals surface area contributed by atoms with Gasteiger partial charge in [-0.25, -0.2) is 4.68 Å². The van der Waals surface area contributed by atoms with Crippen LogP contribution in [0.15, 0.2) is 90.2 Å². The highest BCUT2D eigenvalue weighted by atomic mass is 32.2. The third-order valence-corrected chi connectivity index (χ3v) is 6.72. The van der Waals surface area contributed by atoms with Crippen LogP contribution >= 0.6 is 11.8 Å². The molecule has 0 saturated carbocycles. The van der Waals surface area contributed by atoms with Crippen molar-refractivity contribution in [3.8, 4) is 17.2 Å². The minimum atomic E-state index is -0.172. The van der Waals surface area contributed by atoms with E-state index in [1.54, 1.807) is 21.6 Å². The van der Waals surface area contributed by atoms with Gasteiger partial charge in [0.05, 0.1) is 24.2 Å². The van der Waals surface area contributed by atoms with Crippen molar-refractivity contribution in [2.75, 3.05) is 11.1 Å². The fourth-order valence-electron chi connectivity index (χ4n) is 3.72. The van der Waals surface area contributed by atoms with E-state index in [2.05, 4.69) is 25.9 Å². The number of carbonyl (C=O) groups is 1. The molecule has 0 fully saturated rings. The van der Waals surface area contributed by atoms with Gasteiger partial charge in [0.15, 0.2) is 0 Å². The molecule has 0 unspecified atom stereocenters. The summed E-state index contributed by atoms with van der Waals surface area (Å²) in [5, 5.41) is 19.9. The third kappa shape index (κ3) is 5.87. The second-order valence-corrected chi connectivity index (χ2v) is 9.30. The molecule has 0 spiro atoms. The second kappa shape index (κ2) is 11.1. The molecule has 0 aliphatic carbocycles. The fraction of sp³-hybridized carbons (Fsp3) is 0.148. The normalized spacial score (nSPS) is 10.9. The summed E-state index contributed by atoms with van der Waals surface area (Å²) >= 11 is 1.28. The number of aromatic nitrogens is 6. The van der Waals surface area contributed by atoms with Crippen molar-refractivity contribution in [3.05, 3.63) is 102 Å². The quantitative estimate of drug-likeness (QED) is 0.277. The molecule has 0 radical (unpaired) electrons. The predicted octanol–water partition coefficient (Wildman–Crippen LogP) is 5.05. The van der Waals surface area contributed by atoms with Gasteiger partial charge in [-0.05, 0) is 71.3 Å². The maximum absolute atomic E-state index is 12.7. The van der Waals surface area contributed by atoms with E-state index in [0.29, 0.717) is 17.5 Å². The molecule has 1 amide bonds. The number of hydrogen-bond donors (Lipinski definition) is 1. The Morgan fingerprint density at radius 2 is 1.73 bits per heavy atom. The Kier molecular flexibility index (Phi) is 7.27. The molecule has 3 aromatic carbocycles. The number of anilines is 1. The monoisotopic (exact) mass is 511 g/mol. The van der Waals surface area contributed by atoms with Crippen molar-refractivity contribution < 1.29 is 9.53 Å². The van der Waals surface area contributed by atoms with Crippen molar-refractivity contribution in [1.29, 1.82) is 0 Å². The molecule has 10 heteroatoms. The van der Waals surface area contributed by atoms with Crippen LogP contribution in [0.5, 0.6) is 11.5 Å². The fourth-order valence-corrected chi connectivity index (χ4v) is 4.40. The maximum Gasteiger partial charge on any atom is 0.235 e. The number of amides is 1. The van der Waals surface area contributed by atoms with Crippen LogP contribution in [-0.2, 0) is 11.3 Å². The smallest absolute Gasteiger partial charge is 0.235 e. The van der Waals surface area contributed by atoms with Crippen LogP contribution in [0.3, 0.4) is 0 Å².